The van der Waals surface area contributed by atoms with Crippen LogP contribution in [0.4, 0.5) is 0 Å². The van der Waals surface area contributed by atoms with E-state index in [1.54, 1.807) is 17.0 Å². The first-order chi connectivity index (χ1) is 15.8. The number of hydrogen-bond acceptors (Lipinski definition) is 5. The van der Waals surface area contributed by atoms with E-state index in [1.165, 1.54) is 0 Å². The number of rotatable bonds is 10. The zero-order valence-electron chi connectivity index (χ0n) is 20.0. The van der Waals surface area contributed by atoms with Gasteiger partial charge in [-0.3, -0.25) is 9.59 Å². The molecule has 0 saturated carbocycles. The Kier molecular flexibility index (Phi) is 8.28. The van der Waals surface area contributed by atoms with Gasteiger partial charge in [0.25, 0.3) is 11.7 Å². The maximum atomic E-state index is 13.1. The first kappa shape index (κ1) is 24.5. The highest BCUT2D eigenvalue weighted by molar-refractivity contribution is 6.46. The Hall–Kier alpha value is -3.12. The van der Waals surface area contributed by atoms with Crippen LogP contribution in [0.3, 0.4) is 0 Å². The fourth-order valence-electron chi connectivity index (χ4n) is 4.12. The minimum atomic E-state index is -0.645. The van der Waals surface area contributed by atoms with E-state index in [4.69, 9.17) is 4.74 Å². The molecule has 1 fully saturated rings. The number of nitrogens with zero attached hydrogens (tertiary/aromatic N) is 2. The molecule has 6 nitrogen and oxygen atoms in total. The fourth-order valence-corrected chi connectivity index (χ4v) is 4.12. The van der Waals surface area contributed by atoms with E-state index in [2.05, 4.69) is 6.92 Å². The molecule has 0 radical (unpaired) electrons. The summed E-state index contributed by atoms with van der Waals surface area (Å²) in [7, 11) is 3.95. The lowest BCUT2D eigenvalue weighted by Crippen LogP contribution is -2.32. The van der Waals surface area contributed by atoms with Gasteiger partial charge in [-0.15, -0.1) is 0 Å². The third-order valence-electron chi connectivity index (χ3n) is 5.88. The normalized spacial score (nSPS) is 17.7. The van der Waals surface area contributed by atoms with Crippen molar-refractivity contribution in [2.45, 2.75) is 39.2 Å². The predicted molar refractivity (Wildman–Crippen MR) is 130 cm³/mol. The summed E-state index contributed by atoms with van der Waals surface area (Å²) in [6.45, 7) is 5.83. The molecule has 0 aliphatic carbocycles. The molecule has 1 heterocycles. The number of unbranched alkanes of at least 4 members (excludes halogenated alkanes) is 1. The lowest BCUT2D eigenvalue weighted by Gasteiger charge is -2.26. The molecule has 1 atom stereocenters. The third kappa shape index (κ3) is 5.63. The summed E-state index contributed by atoms with van der Waals surface area (Å²) in [6, 6.07) is 14.2. The van der Waals surface area contributed by atoms with Crippen molar-refractivity contribution in [2.75, 3.05) is 33.8 Å². The second kappa shape index (κ2) is 11.1. The highest BCUT2D eigenvalue weighted by Crippen LogP contribution is 2.40. The molecule has 1 aliphatic rings. The van der Waals surface area contributed by atoms with E-state index in [1.807, 2.05) is 62.3 Å². The van der Waals surface area contributed by atoms with Crippen molar-refractivity contribution in [3.05, 3.63) is 70.8 Å². The van der Waals surface area contributed by atoms with Crippen LogP contribution >= 0.6 is 0 Å². The van der Waals surface area contributed by atoms with Gasteiger partial charge in [0.1, 0.15) is 11.5 Å². The maximum absolute atomic E-state index is 13.1. The van der Waals surface area contributed by atoms with E-state index in [-0.39, 0.29) is 11.3 Å². The molecule has 1 N–H and O–H groups in total. The Morgan fingerprint density at radius 2 is 1.82 bits per heavy atom. The number of ether oxygens (including phenoxy) is 1. The first-order valence-electron chi connectivity index (χ1n) is 11.6. The molecule has 0 spiro atoms. The van der Waals surface area contributed by atoms with E-state index < -0.39 is 17.7 Å². The van der Waals surface area contributed by atoms with Crippen LogP contribution in [0.1, 0.15) is 48.9 Å². The number of benzene rings is 2. The summed E-state index contributed by atoms with van der Waals surface area (Å²) in [5.74, 6) is -0.633. The van der Waals surface area contributed by atoms with Crippen LogP contribution < -0.4 is 4.74 Å². The number of aliphatic hydroxyl groups is 1. The highest BCUT2D eigenvalue weighted by atomic mass is 16.5. The van der Waals surface area contributed by atoms with Gasteiger partial charge in [0.05, 0.1) is 18.2 Å². The number of hydrogen-bond donors (Lipinski definition) is 1. The second-order valence-electron chi connectivity index (χ2n) is 8.74. The highest BCUT2D eigenvalue weighted by Gasteiger charge is 2.45. The van der Waals surface area contributed by atoms with Crippen molar-refractivity contribution in [1.29, 1.82) is 0 Å². The summed E-state index contributed by atoms with van der Waals surface area (Å²) in [6.07, 6.45) is 2.74. The van der Waals surface area contributed by atoms with Crippen LogP contribution in [0.5, 0.6) is 5.75 Å². The van der Waals surface area contributed by atoms with Gasteiger partial charge < -0.3 is 19.6 Å². The summed E-state index contributed by atoms with van der Waals surface area (Å²) >= 11 is 0. The quantitative estimate of drug-likeness (QED) is 0.249. The van der Waals surface area contributed by atoms with E-state index in [0.29, 0.717) is 18.7 Å². The molecule has 1 unspecified atom stereocenters. The average Bonchev–Trinajstić information content (AvgIpc) is 3.04. The minimum absolute atomic E-state index is 0.138. The summed E-state index contributed by atoms with van der Waals surface area (Å²) in [5, 5.41) is 11.3. The molecule has 2 aromatic carbocycles. The smallest absolute Gasteiger partial charge is 0.295 e. The van der Waals surface area contributed by atoms with Gasteiger partial charge in [0.15, 0.2) is 0 Å². The number of Topliss-reactive ketones (excluding diaryl/α,β-unsaturated/α-hetero) is 1. The first-order valence-corrected chi connectivity index (χ1v) is 11.6. The van der Waals surface area contributed by atoms with E-state index >= 15 is 0 Å². The van der Waals surface area contributed by atoms with Crippen molar-refractivity contribution in [3.63, 3.8) is 0 Å². The number of carbonyl (C=O) groups is 2. The fraction of sp³-hybridized carbons (Fsp3) is 0.407. The van der Waals surface area contributed by atoms with Crippen LogP contribution in [-0.2, 0) is 9.59 Å². The average molecular weight is 451 g/mol. The standard InChI is InChI=1S/C27H34N2O4/c1-5-6-17-33-21-13-14-22(19(2)18-21)25(30)23-24(20-11-8-7-9-12-20)29(27(32)26(23)31)16-10-15-28(3)4/h7-9,11-14,18,24,30H,5-6,10,15-17H2,1-4H3/b25-23+. The zero-order chi connectivity index (χ0) is 24.0. The SMILES string of the molecule is CCCCOc1ccc(/C(O)=C2\C(=O)C(=O)N(CCCN(C)C)C2c2ccccc2)c(C)c1. The van der Waals surface area contributed by atoms with Crippen molar-refractivity contribution >= 4 is 17.4 Å². The molecule has 1 aliphatic heterocycles. The maximum Gasteiger partial charge on any atom is 0.295 e. The van der Waals surface area contributed by atoms with Gasteiger partial charge in [-0.25, -0.2) is 0 Å². The molecule has 1 amide bonds. The molecule has 1 saturated heterocycles. The lowest BCUT2D eigenvalue weighted by molar-refractivity contribution is -0.139. The number of aryl methyl sites for hydroxylation is 1. The second-order valence-corrected chi connectivity index (χ2v) is 8.74. The van der Waals surface area contributed by atoms with Crippen molar-refractivity contribution < 1.29 is 19.4 Å². The van der Waals surface area contributed by atoms with Crippen LogP contribution in [0.2, 0.25) is 0 Å². The van der Waals surface area contributed by atoms with Crippen LogP contribution in [-0.4, -0.2) is 60.4 Å². The van der Waals surface area contributed by atoms with Gasteiger partial charge in [-0.2, -0.15) is 0 Å². The predicted octanol–water partition coefficient (Wildman–Crippen LogP) is 4.55. The van der Waals surface area contributed by atoms with Gasteiger partial charge in [-0.05, 0) is 69.7 Å². The van der Waals surface area contributed by atoms with E-state index in [0.717, 1.165) is 42.7 Å². The zero-order valence-corrected chi connectivity index (χ0v) is 20.0. The van der Waals surface area contributed by atoms with Crippen LogP contribution in [0.15, 0.2) is 54.1 Å². The third-order valence-corrected chi connectivity index (χ3v) is 5.88. The molecular formula is C27H34N2O4. The topological polar surface area (TPSA) is 70.1 Å². The number of ketones is 1. The molecule has 0 aromatic heterocycles. The van der Waals surface area contributed by atoms with Gasteiger partial charge in [0.2, 0.25) is 0 Å². The van der Waals surface area contributed by atoms with Crippen molar-refractivity contribution in [2.24, 2.45) is 0 Å². The number of carbonyl (C=O) groups excluding carboxylic acids is 2. The summed E-state index contributed by atoms with van der Waals surface area (Å²) in [4.78, 5) is 29.7. The summed E-state index contributed by atoms with van der Waals surface area (Å²) in [5.41, 5.74) is 2.26. The summed E-state index contributed by atoms with van der Waals surface area (Å²) < 4.78 is 5.77. The van der Waals surface area contributed by atoms with Crippen LogP contribution in [0, 0.1) is 6.92 Å². The Bertz CT molecular complexity index is 1010. The number of likely N-dealkylation sites (tertiary alicyclic amines) is 1. The molecule has 176 valence electrons. The molecule has 0 bridgehead atoms. The van der Waals surface area contributed by atoms with Gasteiger partial charge >= 0.3 is 0 Å². The Balaban J connectivity index is 2.00. The number of aliphatic hydroxyl groups excluding tert-OH is 1. The Morgan fingerprint density at radius 1 is 1.09 bits per heavy atom. The molecule has 33 heavy (non-hydrogen) atoms. The van der Waals surface area contributed by atoms with Gasteiger partial charge in [-0.1, -0.05) is 43.7 Å². The Labute approximate surface area is 196 Å². The molecule has 3 rings (SSSR count). The monoisotopic (exact) mass is 450 g/mol. The van der Waals surface area contributed by atoms with Crippen LogP contribution in [0.25, 0.3) is 5.76 Å². The van der Waals surface area contributed by atoms with Gasteiger partial charge in [0, 0.05) is 12.1 Å². The van der Waals surface area contributed by atoms with Crippen molar-refractivity contribution in [3.8, 4) is 5.75 Å². The lowest BCUT2D eigenvalue weighted by atomic mass is 9.94. The molecular weight excluding hydrogens is 416 g/mol. The molecule has 6 heteroatoms. The van der Waals surface area contributed by atoms with E-state index in [9.17, 15) is 14.7 Å². The van der Waals surface area contributed by atoms with Crippen molar-refractivity contribution in [1.82, 2.24) is 9.80 Å². The Morgan fingerprint density at radius 3 is 2.45 bits per heavy atom. The largest absolute Gasteiger partial charge is 0.507 e. The molecule has 2 aromatic rings. The number of amides is 1. The minimum Gasteiger partial charge on any atom is -0.507 e.